The van der Waals surface area contributed by atoms with E-state index in [9.17, 15) is 4.79 Å². The predicted molar refractivity (Wildman–Crippen MR) is 41.8 cm³/mol. The Morgan fingerprint density at radius 3 is 2.80 bits per heavy atom. The predicted octanol–water partition coefficient (Wildman–Crippen LogP) is 2.24. The molecule has 0 aromatic heterocycles. The van der Waals surface area contributed by atoms with Gasteiger partial charge in [-0.15, -0.1) is 0 Å². The highest BCUT2D eigenvalue weighted by Gasteiger charge is 2.10. The number of allylic oxidation sites excluding steroid dienone is 4. The van der Waals surface area contributed by atoms with E-state index in [4.69, 9.17) is 0 Å². The van der Waals surface area contributed by atoms with E-state index in [0.717, 1.165) is 18.4 Å². The van der Waals surface area contributed by atoms with Crippen molar-refractivity contribution in [3.05, 3.63) is 23.3 Å². The van der Waals surface area contributed by atoms with Crippen LogP contribution < -0.4 is 0 Å². The molecule has 1 aliphatic carbocycles. The zero-order valence-electron chi connectivity index (χ0n) is 6.48. The van der Waals surface area contributed by atoms with E-state index in [1.807, 2.05) is 0 Å². The Hall–Kier alpha value is -0.850. The van der Waals surface area contributed by atoms with Crippen LogP contribution in [0.1, 0.15) is 26.7 Å². The van der Waals surface area contributed by atoms with Crippen LogP contribution in [0.4, 0.5) is 0 Å². The summed E-state index contributed by atoms with van der Waals surface area (Å²) in [5.74, 6) is 0.224. The number of carbonyl (C=O) groups excluding carboxylic acids is 1. The average Bonchev–Trinajstić information content (AvgIpc) is 2.33. The summed E-state index contributed by atoms with van der Waals surface area (Å²) < 4.78 is 0. The summed E-state index contributed by atoms with van der Waals surface area (Å²) in [7, 11) is 0. The van der Waals surface area contributed by atoms with Crippen LogP contribution in [0.25, 0.3) is 0 Å². The van der Waals surface area contributed by atoms with Gasteiger partial charge in [0.05, 0.1) is 0 Å². The van der Waals surface area contributed by atoms with E-state index in [0.29, 0.717) is 0 Å². The van der Waals surface area contributed by atoms with Gasteiger partial charge >= 0.3 is 0 Å². The summed E-state index contributed by atoms with van der Waals surface area (Å²) in [4.78, 5) is 10.9. The molecule has 0 amide bonds. The van der Waals surface area contributed by atoms with Gasteiger partial charge in [-0.05, 0) is 25.3 Å². The van der Waals surface area contributed by atoms with Gasteiger partial charge in [0.1, 0.15) is 0 Å². The van der Waals surface area contributed by atoms with Crippen LogP contribution in [0.15, 0.2) is 23.3 Å². The summed E-state index contributed by atoms with van der Waals surface area (Å²) in [6.07, 6.45) is 5.93. The highest BCUT2D eigenvalue weighted by atomic mass is 16.1. The summed E-state index contributed by atoms with van der Waals surface area (Å²) in [6.45, 7) is 3.71. The number of hydrogen-bond donors (Lipinski definition) is 0. The molecule has 0 saturated carbocycles. The Morgan fingerprint density at radius 2 is 2.40 bits per heavy atom. The van der Waals surface area contributed by atoms with Crippen LogP contribution in [0, 0.1) is 0 Å². The van der Waals surface area contributed by atoms with E-state index in [1.165, 1.54) is 5.57 Å². The maximum absolute atomic E-state index is 10.9. The number of rotatable bonds is 2. The quantitative estimate of drug-likeness (QED) is 0.569. The van der Waals surface area contributed by atoms with Crippen LogP contribution in [0.5, 0.6) is 0 Å². The van der Waals surface area contributed by atoms with Crippen LogP contribution in [0.3, 0.4) is 0 Å². The molecule has 10 heavy (non-hydrogen) atoms. The van der Waals surface area contributed by atoms with Gasteiger partial charge in [-0.3, -0.25) is 4.79 Å². The summed E-state index contributed by atoms with van der Waals surface area (Å²) >= 11 is 0. The molecule has 0 spiro atoms. The first kappa shape index (κ1) is 7.26. The zero-order valence-corrected chi connectivity index (χ0v) is 6.48. The van der Waals surface area contributed by atoms with E-state index in [1.54, 1.807) is 6.92 Å². The van der Waals surface area contributed by atoms with Gasteiger partial charge in [0.25, 0.3) is 0 Å². The van der Waals surface area contributed by atoms with Crippen LogP contribution in [-0.2, 0) is 4.79 Å². The average molecular weight is 136 g/mol. The molecule has 0 unspecified atom stereocenters. The molecule has 0 atom stereocenters. The maximum atomic E-state index is 10.9. The number of hydrogen-bond acceptors (Lipinski definition) is 1. The summed E-state index contributed by atoms with van der Waals surface area (Å²) in [5, 5.41) is 0. The minimum Gasteiger partial charge on any atom is -0.295 e. The molecule has 0 bridgehead atoms. The third-order valence-corrected chi connectivity index (χ3v) is 1.83. The van der Waals surface area contributed by atoms with Crippen LogP contribution in [0.2, 0.25) is 0 Å². The number of Topliss-reactive ketones (excluding diaryl/α,β-unsaturated/α-hetero) is 1. The highest BCUT2D eigenvalue weighted by molar-refractivity contribution is 5.95. The van der Waals surface area contributed by atoms with Crippen molar-refractivity contribution >= 4 is 5.78 Å². The van der Waals surface area contributed by atoms with Crippen LogP contribution >= 0.6 is 0 Å². The molecule has 0 saturated heterocycles. The summed E-state index contributed by atoms with van der Waals surface area (Å²) in [5.41, 5.74) is 2.22. The molecule has 54 valence electrons. The van der Waals surface area contributed by atoms with E-state index < -0.39 is 0 Å². The van der Waals surface area contributed by atoms with E-state index in [2.05, 4.69) is 19.1 Å². The molecule has 1 rings (SSSR count). The molecule has 0 aromatic rings. The minimum atomic E-state index is 0.224. The lowest BCUT2D eigenvalue weighted by Gasteiger charge is -1.98. The van der Waals surface area contributed by atoms with Gasteiger partial charge in [0.2, 0.25) is 0 Å². The fraction of sp³-hybridized carbons (Fsp3) is 0.444. The van der Waals surface area contributed by atoms with Crippen molar-refractivity contribution in [2.75, 3.05) is 0 Å². The molecule has 0 radical (unpaired) electrons. The maximum Gasteiger partial charge on any atom is 0.156 e. The molecule has 0 N–H and O–H groups in total. The summed E-state index contributed by atoms with van der Waals surface area (Å²) in [6, 6.07) is 0. The first-order valence-electron chi connectivity index (χ1n) is 3.65. The normalized spacial score (nSPS) is 16.6. The van der Waals surface area contributed by atoms with Gasteiger partial charge in [-0.2, -0.15) is 0 Å². The second-order valence-electron chi connectivity index (χ2n) is 2.52. The van der Waals surface area contributed by atoms with Crippen molar-refractivity contribution in [1.82, 2.24) is 0 Å². The van der Waals surface area contributed by atoms with Crippen LogP contribution in [-0.4, -0.2) is 5.78 Å². The van der Waals surface area contributed by atoms with Crippen molar-refractivity contribution in [3.63, 3.8) is 0 Å². The Kier molecular flexibility index (Phi) is 2.05. The van der Waals surface area contributed by atoms with Crippen molar-refractivity contribution in [3.8, 4) is 0 Å². The van der Waals surface area contributed by atoms with Crippen molar-refractivity contribution in [1.29, 1.82) is 0 Å². The standard InChI is InChI=1S/C9H12O/c1-3-8-5-4-6-9(8)7(2)10/h4-5H,3,6H2,1-2H3. The number of ketones is 1. The fourth-order valence-electron chi connectivity index (χ4n) is 1.25. The topological polar surface area (TPSA) is 17.1 Å². The van der Waals surface area contributed by atoms with Gasteiger partial charge in [0, 0.05) is 5.57 Å². The lowest BCUT2D eigenvalue weighted by molar-refractivity contribution is -0.113. The second-order valence-corrected chi connectivity index (χ2v) is 2.52. The fourth-order valence-corrected chi connectivity index (χ4v) is 1.25. The van der Waals surface area contributed by atoms with Crippen molar-refractivity contribution in [2.24, 2.45) is 0 Å². The molecule has 1 heteroatoms. The van der Waals surface area contributed by atoms with Gasteiger partial charge < -0.3 is 0 Å². The first-order chi connectivity index (χ1) is 4.75. The molecular weight excluding hydrogens is 124 g/mol. The smallest absolute Gasteiger partial charge is 0.156 e. The third-order valence-electron chi connectivity index (χ3n) is 1.83. The lowest BCUT2D eigenvalue weighted by Crippen LogP contribution is -1.95. The largest absolute Gasteiger partial charge is 0.295 e. The lowest BCUT2D eigenvalue weighted by atomic mass is 10.1. The zero-order chi connectivity index (χ0) is 7.56. The number of carbonyl (C=O) groups is 1. The Morgan fingerprint density at radius 1 is 1.70 bits per heavy atom. The molecule has 1 nitrogen and oxygen atoms in total. The third kappa shape index (κ3) is 1.18. The molecule has 0 heterocycles. The molecule has 0 aliphatic heterocycles. The SMILES string of the molecule is CCC1=C(C(C)=O)CC=C1. The minimum absolute atomic E-state index is 0.224. The molecule has 1 aliphatic rings. The Bertz CT molecular complexity index is 209. The second kappa shape index (κ2) is 2.82. The monoisotopic (exact) mass is 136 g/mol. The van der Waals surface area contributed by atoms with Crippen molar-refractivity contribution < 1.29 is 4.79 Å². The Balaban J connectivity index is 2.85. The van der Waals surface area contributed by atoms with Gasteiger partial charge in [0.15, 0.2) is 5.78 Å². The van der Waals surface area contributed by atoms with E-state index in [-0.39, 0.29) is 5.78 Å². The highest BCUT2D eigenvalue weighted by Crippen LogP contribution is 2.21. The van der Waals surface area contributed by atoms with Gasteiger partial charge in [-0.1, -0.05) is 19.1 Å². The molecular formula is C9H12O. The van der Waals surface area contributed by atoms with E-state index >= 15 is 0 Å². The molecule has 0 fully saturated rings. The first-order valence-corrected chi connectivity index (χ1v) is 3.65. The molecule has 0 aromatic carbocycles. The Labute approximate surface area is 61.4 Å². The van der Waals surface area contributed by atoms with Crippen molar-refractivity contribution in [2.45, 2.75) is 26.7 Å². The van der Waals surface area contributed by atoms with Gasteiger partial charge in [-0.25, -0.2) is 0 Å².